The molecule has 0 bridgehead atoms. The van der Waals surface area contributed by atoms with Crippen LogP contribution in [0.3, 0.4) is 0 Å². The average Bonchev–Trinajstić information content (AvgIpc) is 3.27. The molecule has 2 aromatic heterocycles. The highest BCUT2D eigenvalue weighted by Gasteiger charge is 2.24. The Labute approximate surface area is 184 Å². The van der Waals surface area contributed by atoms with Crippen molar-refractivity contribution in [2.45, 2.75) is 11.3 Å². The van der Waals surface area contributed by atoms with E-state index in [1.54, 1.807) is 24.3 Å². The molecule has 1 N–H and O–H groups in total. The van der Waals surface area contributed by atoms with Crippen molar-refractivity contribution in [3.8, 4) is 5.75 Å². The van der Waals surface area contributed by atoms with Gasteiger partial charge in [-0.2, -0.15) is 8.75 Å². The highest BCUT2D eigenvalue weighted by atomic mass is 32.2. The molecular weight excluding hydrogens is 440 g/mol. The van der Waals surface area contributed by atoms with Gasteiger partial charge in [0.25, 0.3) is 0 Å². The number of aromatic nitrogens is 3. The maximum Gasteiger partial charge on any atom is 0.240 e. The summed E-state index contributed by atoms with van der Waals surface area (Å²) < 4.78 is 41.0. The van der Waals surface area contributed by atoms with Gasteiger partial charge in [0.15, 0.2) is 11.6 Å². The van der Waals surface area contributed by atoms with Crippen LogP contribution in [0.1, 0.15) is 6.42 Å². The fraction of sp³-hybridized carbons (Fsp3) is 0.368. The fourth-order valence-corrected chi connectivity index (χ4v) is 4.98. The van der Waals surface area contributed by atoms with Gasteiger partial charge in [-0.3, -0.25) is 4.79 Å². The third kappa shape index (κ3) is 4.75. The van der Waals surface area contributed by atoms with E-state index in [-0.39, 0.29) is 23.8 Å². The van der Waals surface area contributed by atoms with E-state index in [1.807, 2.05) is 12.1 Å². The SMILES string of the molecule is COc1cccnc1N1CCN(C(=O)CCNS(=O)(=O)c2ccc3nsnc3c2)CC1. The minimum atomic E-state index is -3.72. The second-order valence-corrected chi connectivity index (χ2v) is 9.26. The minimum Gasteiger partial charge on any atom is -0.493 e. The summed E-state index contributed by atoms with van der Waals surface area (Å²) in [5.74, 6) is 1.37. The molecule has 0 spiro atoms. The molecule has 12 heteroatoms. The van der Waals surface area contributed by atoms with Crippen molar-refractivity contribution in [2.75, 3.05) is 44.7 Å². The largest absolute Gasteiger partial charge is 0.493 e. The maximum absolute atomic E-state index is 12.5. The van der Waals surface area contributed by atoms with Gasteiger partial charge in [0, 0.05) is 45.3 Å². The number of nitrogens with zero attached hydrogens (tertiary/aromatic N) is 5. The van der Waals surface area contributed by atoms with Gasteiger partial charge in [-0.1, -0.05) is 0 Å². The third-order valence-electron chi connectivity index (χ3n) is 5.07. The average molecular weight is 463 g/mol. The molecule has 1 aromatic carbocycles. The number of anilines is 1. The van der Waals surface area contributed by atoms with E-state index in [1.165, 1.54) is 12.1 Å². The van der Waals surface area contributed by atoms with Crippen LogP contribution in [-0.2, 0) is 14.8 Å². The summed E-state index contributed by atoms with van der Waals surface area (Å²) in [6.07, 6.45) is 1.80. The molecule has 1 aliphatic heterocycles. The van der Waals surface area contributed by atoms with Gasteiger partial charge >= 0.3 is 0 Å². The van der Waals surface area contributed by atoms with Gasteiger partial charge < -0.3 is 14.5 Å². The van der Waals surface area contributed by atoms with E-state index in [4.69, 9.17) is 4.74 Å². The van der Waals surface area contributed by atoms with Crippen LogP contribution < -0.4 is 14.4 Å². The van der Waals surface area contributed by atoms with Crippen molar-refractivity contribution in [1.29, 1.82) is 0 Å². The summed E-state index contributed by atoms with van der Waals surface area (Å²) >= 11 is 1.03. The number of fused-ring (bicyclic) bond motifs is 1. The van der Waals surface area contributed by atoms with Crippen LogP contribution in [0.4, 0.5) is 5.82 Å². The molecule has 164 valence electrons. The lowest BCUT2D eigenvalue weighted by Gasteiger charge is -2.35. The van der Waals surface area contributed by atoms with Crippen LogP contribution in [0.15, 0.2) is 41.4 Å². The van der Waals surface area contributed by atoms with Crippen molar-refractivity contribution in [1.82, 2.24) is 23.4 Å². The van der Waals surface area contributed by atoms with Crippen LogP contribution in [-0.4, -0.2) is 72.8 Å². The first-order valence-electron chi connectivity index (χ1n) is 9.71. The number of hydrogen-bond donors (Lipinski definition) is 1. The zero-order valence-electron chi connectivity index (χ0n) is 16.9. The van der Waals surface area contributed by atoms with Gasteiger partial charge in [-0.25, -0.2) is 18.1 Å². The molecule has 10 nitrogen and oxygen atoms in total. The van der Waals surface area contributed by atoms with E-state index in [0.29, 0.717) is 43.0 Å². The Morgan fingerprint density at radius 3 is 2.71 bits per heavy atom. The number of carbonyl (C=O) groups excluding carboxylic acids is 1. The van der Waals surface area contributed by atoms with Gasteiger partial charge in [-0.15, -0.1) is 0 Å². The van der Waals surface area contributed by atoms with E-state index < -0.39 is 10.0 Å². The van der Waals surface area contributed by atoms with E-state index in [2.05, 4.69) is 23.4 Å². The second kappa shape index (κ2) is 9.12. The molecule has 0 unspecified atom stereocenters. The molecule has 0 saturated carbocycles. The molecule has 0 radical (unpaired) electrons. The van der Waals surface area contributed by atoms with E-state index in [0.717, 1.165) is 17.5 Å². The summed E-state index contributed by atoms with van der Waals surface area (Å²) in [7, 11) is -2.12. The van der Waals surface area contributed by atoms with Crippen molar-refractivity contribution < 1.29 is 17.9 Å². The Hall–Kier alpha value is -2.83. The minimum absolute atomic E-state index is 0.0306. The number of pyridine rings is 1. The van der Waals surface area contributed by atoms with Crippen LogP contribution in [0, 0.1) is 0 Å². The van der Waals surface area contributed by atoms with E-state index >= 15 is 0 Å². The Bertz CT molecular complexity index is 1170. The van der Waals surface area contributed by atoms with Gasteiger partial charge in [0.05, 0.1) is 23.7 Å². The van der Waals surface area contributed by atoms with Crippen molar-refractivity contribution in [3.05, 3.63) is 36.5 Å². The number of carbonyl (C=O) groups is 1. The zero-order chi connectivity index (χ0) is 21.8. The number of ether oxygens (including phenoxy) is 1. The molecule has 1 saturated heterocycles. The lowest BCUT2D eigenvalue weighted by atomic mass is 10.2. The number of benzene rings is 1. The Morgan fingerprint density at radius 1 is 1.16 bits per heavy atom. The smallest absolute Gasteiger partial charge is 0.240 e. The van der Waals surface area contributed by atoms with Gasteiger partial charge in [0.1, 0.15) is 11.0 Å². The highest BCUT2D eigenvalue weighted by Crippen LogP contribution is 2.25. The molecule has 1 fully saturated rings. The summed E-state index contributed by atoms with van der Waals surface area (Å²) in [4.78, 5) is 20.9. The lowest BCUT2D eigenvalue weighted by Crippen LogP contribution is -2.49. The molecule has 0 atom stereocenters. The highest BCUT2D eigenvalue weighted by molar-refractivity contribution is 7.89. The van der Waals surface area contributed by atoms with Crippen LogP contribution in [0.5, 0.6) is 5.75 Å². The number of nitrogens with one attached hydrogen (secondary N) is 1. The van der Waals surface area contributed by atoms with Crippen molar-refractivity contribution in [2.24, 2.45) is 0 Å². The normalized spacial score (nSPS) is 14.7. The first kappa shape index (κ1) is 21.4. The quantitative estimate of drug-likeness (QED) is 0.555. The lowest BCUT2D eigenvalue weighted by molar-refractivity contribution is -0.131. The monoisotopic (exact) mass is 462 g/mol. The maximum atomic E-state index is 12.5. The summed E-state index contributed by atoms with van der Waals surface area (Å²) in [6.45, 7) is 2.37. The standard InChI is InChI=1S/C19H22N6O4S2/c1-29-17-3-2-7-20-19(17)25-11-9-24(10-12-25)18(26)6-8-21-31(27,28)14-4-5-15-16(13-14)23-30-22-15/h2-5,7,13,21H,6,8-12H2,1H3. The van der Waals surface area contributed by atoms with Crippen LogP contribution >= 0.6 is 11.7 Å². The number of rotatable bonds is 7. The molecular formula is C19H22N6O4S2. The molecule has 3 aromatic rings. The first-order valence-corrected chi connectivity index (χ1v) is 11.9. The van der Waals surface area contributed by atoms with Crippen molar-refractivity contribution >= 4 is 44.5 Å². The molecule has 4 rings (SSSR count). The molecule has 3 heterocycles. The summed E-state index contributed by atoms with van der Waals surface area (Å²) in [5, 5.41) is 0. The fourth-order valence-electron chi connectivity index (χ4n) is 3.41. The predicted molar refractivity (Wildman–Crippen MR) is 117 cm³/mol. The number of piperazine rings is 1. The topological polar surface area (TPSA) is 118 Å². The van der Waals surface area contributed by atoms with Gasteiger partial charge in [0.2, 0.25) is 15.9 Å². The third-order valence-corrected chi connectivity index (χ3v) is 7.08. The number of hydrogen-bond acceptors (Lipinski definition) is 9. The summed E-state index contributed by atoms with van der Waals surface area (Å²) in [6, 6.07) is 8.26. The Kier molecular flexibility index (Phi) is 6.30. The van der Waals surface area contributed by atoms with Crippen molar-refractivity contribution in [3.63, 3.8) is 0 Å². The molecule has 1 amide bonds. The number of amides is 1. The molecule has 1 aliphatic rings. The zero-order valence-corrected chi connectivity index (χ0v) is 18.5. The Balaban J connectivity index is 1.28. The molecule has 31 heavy (non-hydrogen) atoms. The number of sulfonamides is 1. The predicted octanol–water partition coefficient (Wildman–Crippen LogP) is 1.11. The Morgan fingerprint density at radius 2 is 1.94 bits per heavy atom. The first-order chi connectivity index (χ1) is 15.0. The van der Waals surface area contributed by atoms with Crippen LogP contribution in [0.25, 0.3) is 11.0 Å². The number of methoxy groups -OCH3 is 1. The van der Waals surface area contributed by atoms with Crippen LogP contribution in [0.2, 0.25) is 0 Å². The van der Waals surface area contributed by atoms with Gasteiger partial charge in [-0.05, 0) is 30.3 Å². The second-order valence-electron chi connectivity index (χ2n) is 6.96. The molecule has 0 aliphatic carbocycles. The van der Waals surface area contributed by atoms with E-state index in [9.17, 15) is 13.2 Å². The summed E-state index contributed by atoms with van der Waals surface area (Å²) in [5.41, 5.74) is 1.19.